The second-order valence-corrected chi connectivity index (χ2v) is 7.18. The molecule has 0 bridgehead atoms. The van der Waals surface area contributed by atoms with E-state index in [4.69, 9.17) is 11.6 Å². The molecule has 1 aliphatic heterocycles. The molecule has 9 heteroatoms. The summed E-state index contributed by atoms with van der Waals surface area (Å²) in [6.45, 7) is 2.39. The van der Waals surface area contributed by atoms with Crippen LogP contribution >= 0.6 is 11.6 Å². The molecule has 1 unspecified atom stereocenters. The maximum atomic E-state index is 12.8. The lowest BCUT2D eigenvalue weighted by Crippen LogP contribution is -2.50. The average Bonchev–Trinajstić information content (AvgIpc) is 2.69. The van der Waals surface area contributed by atoms with Crippen LogP contribution in [0.4, 0.5) is 0 Å². The topological polar surface area (TPSA) is 103 Å². The fourth-order valence-electron chi connectivity index (χ4n) is 3.40. The first kappa shape index (κ1) is 18.2. The molecule has 28 heavy (non-hydrogen) atoms. The van der Waals surface area contributed by atoms with E-state index in [1.54, 1.807) is 29.0 Å². The number of fused-ring (bicyclic) bond motifs is 1. The Morgan fingerprint density at radius 2 is 2.11 bits per heavy atom. The van der Waals surface area contributed by atoms with Crippen LogP contribution < -0.4 is 10.9 Å². The predicted molar refractivity (Wildman–Crippen MR) is 103 cm³/mol. The third-order valence-electron chi connectivity index (χ3n) is 4.77. The molecule has 0 saturated carbocycles. The summed E-state index contributed by atoms with van der Waals surface area (Å²) in [4.78, 5) is 42.3. The number of nitrogens with zero attached hydrogens (tertiary/aromatic N) is 5. The van der Waals surface area contributed by atoms with Crippen LogP contribution in [0.5, 0.6) is 0 Å². The van der Waals surface area contributed by atoms with Crippen molar-refractivity contribution < 1.29 is 4.79 Å². The van der Waals surface area contributed by atoms with Crippen LogP contribution in [0.3, 0.4) is 0 Å². The number of nitrogens with one attached hydrogen (secondary N) is 1. The van der Waals surface area contributed by atoms with Crippen LogP contribution in [-0.4, -0.2) is 30.4 Å². The van der Waals surface area contributed by atoms with Gasteiger partial charge in [-0.05, 0) is 38.0 Å². The molecular weight excluding hydrogens is 380 g/mol. The largest absolute Gasteiger partial charge is 0.338 e. The third-order valence-corrected chi connectivity index (χ3v) is 5.07. The molecule has 4 heterocycles. The summed E-state index contributed by atoms with van der Waals surface area (Å²) in [6.07, 6.45) is 5.86. The Morgan fingerprint density at radius 3 is 2.86 bits per heavy atom. The van der Waals surface area contributed by atoms with Crippen molar-refractivity contribution in [3.63, 3.8) is 0 Å². The number of halogens is 1. The summed E-state index contributed by atoms with van der Waals surface area (Å²) < 4.78 is 1.59. The van der Waals surface area contributed by atoms with E-state index < -0.39 is 11.4 Å². The van der Waals surface area contributed by atoms with Crippen molar-refractivity contribution in [3.8, 4) is 11.4 Å². The first-order valence-electron chi connectivity index (χ1n) is 8.80. The number of pyridine rings is 1. The molecule has 4 rings (SSSR count). The molecule has 1 atom stereocenters. The van der Waals surface area contributed by atoms with Crippen LogP contribution in [0.15, 0.2) is 47.8 Å². The van der Waals surface area contributed by atoms with E-state index in [1.165, 1.54) is 18.6 Å². The van der Waals surface area contributed by atoms with E-state index in [-0.39, 0.29) is 16.3 Å². The zero-order chi connectivity index (χ0) is 19.7. The Balaban J connectivity index is 1.77. The summed E-state index contributed by atoms with van der Waals surface area (Å²) >= 11 is 6.10. The minimum atomic E-state index is -0.849. The molecule has 1 aliphatic rings. The van der Waals surface area contributed by atoms with E-state index in [1.807, 2.05) is 6.92 Å². The monoisotopic (exact) mass is 396 g/mol. The highest BCUT2D eigenvalue weighted by Gasteiger charge is 2.37. The number of hydrogen-bond acceptors (Lipinski definition) is 6. The Hall–Kier alpha value is -3.13. The zero-order valence-corrected chi connectivity index (χ0v) is 15.8. The van der Waals surface area contributed by atoms with Gasteiger partial charge in [0.2, 0.25) is 0 Å². The molecule has 0 radical (unpaired) electrons. The van der Waals surface area contributed by atoms with E-state index in [2.05, 4.69) is 25.3 Å². The van der Waals surface area contributed by atoms with Gasteiger partial charge >= 0.3 is 0 Å². The fourth-order valence-corrected chi connectivity index (χ4v) is 3.61. The van der Waals surface area contributed by atoms with Crippen LogP contribution in [0.25, 0.3) is 11.4 Å². The van der Waals surface area contributed by atoms with Gasteiger partial charge in [-0.15, -0.1) is 0 Å². The van der Waals surface area contributed by atoms with E-state index in [0.717, 1.165) is 6.42 Å². The molecule has 0 aliphatic carbocycles. The number of hydrogen-bond donors (Lipinski definition) is 1. The molecule has 3 aromatic heterocycles. The van der Waals surface area contributed by atoms with Crippen molar-refractivity contribution in [1.82, 2.24) is 29.8 Å². The second kappa shape index (κ2) is 7.12. The van der Waals surface area contributed by atoms with Crippen LogP contribution in [-0.2, 0) is 12.1 Å². The highest BCUT2D eigenvalue weighted by molar-refractivity contribution is 6.33. The van der Waals surface area contributed by atoms with Crippen molar-refractivity contribution in [3.05, 3.63) is 69.9 Å². The van der Waals surface area contributed by atoms with Crippen molar-refractivity contribution >= 4 is 17.5 Å². The Labute approximate surface area is 165 Å². The number of carbonyl (C=O) groups excluding carboxylic acids is 1. The van der Waals surface area contributed by atoms with Crippen molar-refractivity contribution in [2.45, 2.75) is 31.8 Å². The number of rotatable bonds is 3. The standard InChI is InChI=1S/C19H17ClN6O2/c1-19(25-17(28)16-12(20)4-2-7-22-16)6-3-9-26-15(27)10-14(24-18(19)26)13-5-8-21-11-23-13/h2,4-5,7-8,10-11H,3,6,9H2,1H3,(H,25,28). The van der Waals surface area contributed by atoms with Gasteiger partial charge in [-0.25, -0.2) is 19.9 Å². The predicted octanol–water partition coefficient (Wildman–Crippen LogP) is 2.19. The Kier molecular flexibility index (Phi) is 4.64. The van der Waals surface area contributed by atoms with Crippen LogP contribution in [0.1, 0.15) is 36.1 Å². The zero-order valence-electron chi connectivity index (χ0n) is 15.1. The van der Waals surface area contributed by atoms with E-state index in [9.17, 15) is 9.59 Å². The minimum Gasteiger partial charge on any atom is -0.338 e. The normalized spacial score (nSPS) is 18.4. The van der Waals surface area contributed by atoms with Gasteiger partial charge in [-0.2, -0.15) is 0 Å². The van der Waals surface area contributed by atoms with Gasteiger partial charge in [0, 0.05) is 25.0 Å². The summed E-state index contributed by atoms with van der Waals surface area (Å²) in [5.41, 5.74) is 0.0872. The van der Waals surface area contributed by atoms with Gasteiger partial charge in [0.1, 0.15) is 17.8 Å². The summed E-state index contributed by atoms with van der Waals surface area (Å²) in [5, 5.41) is 3.24. The molecule has 8 nitrogen and oxygen atoms in total. The Morgan fingerprint density at radius 1 is 1.25 bits per heavy atom. The maximum absolute atomic E-state index is 12.8. The van der Waals surface area contributed by atoms with E-state index in [0.29, 0.717) is 30.2 Å². The molecule has 3 aromatic rings. The number of aromatic nitrogens is 5. The summed E-state index contributed by atoms with van der Waals surface area (Å²) in [6, 6.07) is 6.41. The molecule has 1 amide bonds. The second-order valence-electron chi connectivity index (χ2n) is 6.77. The molecule has 0 aromatic carbocycles. The molecule has 0 spiro atoms. The van der Waals surface area contributed by atoms with Gasteiger partial charge in [0.15, 0.2) is 0 Å². The lowest BCUT2D eigenvalue weighted by molar-refractivity contribution is 0.0875. The van der Waals surface area contributed by atoms with Gasteiger partial charge in [0.05, 0.1) is 21.9 Å². The van der Waals surface area contributed by atoms with Gasteiger partial charge in [0.25, 0.3) is 11.5 Å². The molecule has 0 saturated heterocycles. The first-order chi connectivity index (χ1) is 13.5. The third kappa shape index (κ3) is 3.27. The highest BCUT2D eigenvalue weighted by atomic mass is 35.5. The maximum Gasteiger partial charge on any atom is 0.272 e. The lowest BCUT2D eigenvalue weighted by atomic mass is 9.90. The highest BCUT2D eigenvalue weighted by Crippen LogP contribution is 2.30. The fraction of sp³-hybridized carbons (Fsp3) is 0.263. The Bertz CT molecular complexity index is 1100. The summed E-state index contributed by atoms with van der Waals surface area (Å²) in [7, 11) is 0. The molecule has 142 valence electrons. The SMILES string of the molecule is CC1(NC(=O)c2ncccc2Cl)CCCn2c1nc(-c1ccncn1)cc2=O. The van der Waals surface area contributed by atoms with Crippen LogP contribution in [0, 0.1) is 0 Å². The smallest absolute Gasteiger partial charge is 0.272 e. The molecule has 1 N–H and O–H groups in total. The average molecular weight is 397 g/mol. The molecular formula is C19H17ClN6O2. The minimum absolute atomic E-state index is 0.136. The number of carbonyl (C=O) groups is 1. The number of amides is 1. The quantitative estimate of drug-likeness (QED) is 0.727. The van der Waals surface area contributed by atoms with Crippen molar-refractivity contribution in [2.75, 3.05) is 0 Å². The van der Waals surface area contributed by atoms with Gasteiger partial charge < -0.3 is 5.32 Å². The van der Waals surface area contributed by atoms with Crippen LogP contribution in [0.2, 0.25) is 5.02 Å². The van der Waals surface area contributed by atoms with Crippen molar-refractivity contribution in [1.29, 1.82) is 0 Å². The van der Waals surface area contributed by atoms with Gasteiger partial charge in [-0.3, -0.25) is 14.2 Å². The van der Waals surface area contributed by atoms with Gasteiger partial charge in [-0.1, -0.05) is 11.6 Å². The van der Waals surface area contributed by atoms with E-state index >= 15 is 0 Å². The first-order valence-corrected chi connectivity index (χ1v) is 9.17. The molecule has 0 fully saturated rings. The van der Waals surface area contributed by atoms with Crippen molar-refractivity contribution in [2.24, 2.45) is 0 Å². The lowest BCUT2D eigenvalue weighted by Gasteiger charge is -2.36. The summed E-state index contributed by atoms with van der Waals surface area (Å²) in [5.74, 6) is 0.0727.